The summed E-state index contributed by atoms with van der Waals surface area (Å²) in [5, 5.41) is 0.750. The third-order valence-corrected chi connectivity index (χ3v) is 6.39. The van der Waals surface area contributed by atoms with Crippen LogP contribution in [0, 0.1) is 0 Å². The molecule has 0 bridgehead atoms. The highest BCUT2D eigenvalue weighted by atomic mass is 35.5. The first kappa shape index (κ1) is 25.1. The molecular weight excluding hydrogens is 426 g/mol. The molecule has 0 aliphatic rings. The molecule has 3 heteroatoms. The number of hydrogen-bond donors (Lipinski definition) is 0. The summed E-state index contributed by atoms with van der Waals surface area (Å²) in [5.41, 5.74) is 4.23. The van der Waals surface area contributed by atoms with Gasteiger partial charge in [0.05, 0.1) is 11.6 Å². The van der Waals surface area contributed by atoms with Gasteiger partial charge in [-0.25, -0.2) is 0 Å². The fourth-order valence-electron chi connectivity index (χ4n) is 3.99. The van der Waals surface area contributed by atoms with Crippen molar-refractivity contribution in [2.45, 2.75) is 39.5 Å². The summed E-state index contributed by atoms with van der Waals surface area (Å²) in [4.78, 5) is 2.49. The second-order valence-electron chi connectivity index (χ2n) is 8.23. The van der Waals surface area contributed by atoms with Crippen LogP contribution in [0.4, 0.5) is 0 Å². The van der Waals surface area contributed by atoms with E-state index in [2.05, 4.69) is 43.0 Å². The summed E-state index contributed by atoms with van der Waals surface area (Å²) in [6, 6.07) is 28.8. The lowest BCUT2D eigenvalue weighted by Gasteiger charge is -2.17. The third kappa shape index (κ3) is 7.77. The van der Waals surface area contributed by atoms with Crippen molar-refractivity contribution in [2.24, 2.45) is 0 Å². The summed E-state index contributed by atoms with van der Waals surface area (Å²) in [6.45, 7) is 8.73. The lowest BCUT2D eigenvalue weighted by molar-refractivity contribution is 0.284. The van der Waals surface area contributed by atoms with E-state index in [0.29, 0.717) is 0 Å². The highest BCUT2D eigenvalue weighted by Gasteiger charge is 2.12. The van der Waals surface area contributed by atoms with Crippen LogP contribution in [0.3, 0.4) is 0 Å². The number of hydrogen-bond acceptors (Lipinski definition) is 2. The zero-order chi connectivity index (χ0) is 23.3. The smallest absolute Gasteiger partial charge is 0.119 e. The molecule has 3 aromatic rings. The van der Waals surface area contributed by atoms with Crippen LogP contribution in [0.1, 0.15) is 56.2 Å². The Labute approximate surface area is 204 Å². The van der Waals surface area contributed by atoms with Crippen LogP contribution in [0.25, 0.3) is 10.6 Å². The molecule has 0 unspecified atom stereocenters. The van der Waals surface area contributed by atoms with Crippen molar-refractivity contribution in [2.75, 3.05) is 26.2 Å². The first-order valence-electron chi connectivity index (χ1n) is 12.2. The molecule has 0 aliphatic carbocycles. The van der Waals surface area contributed by atoms with Gasteiger partial charge in [-0.2, -0.15) is 0 Å². The number of rotatable bonds is 13. The van der Waals surface area contributed by atoms with E-state index < -0.39 is 0 Å². The van der Waals surface area contributed by atoms with Gasteiger partial charge in [-0.3, -0.25) is 0 Å². The normalized spacial score (nSPS) is 12.0. The second-order valence-corrected chi connectivity index (χ2v) is 8.61. The van der Waals surface area contributed by atoms with Gasteiger partial charge in [0, 0.05) is 5.57 Å². The first-order valence-corrected chi connectivity index (χ1v) is 12.6. The number of benzene rings is 3. The molecule has 0 aromatic heterocycles. The lowest BCUT2D eigenvalue weighted by Crippen LogP contribution is -2.23. The minimum atomic E-state index is 0.750. The maximum Gasteiger partial charge on any atom is 0.119 e. The minimum absolute atomic E-state index is 0.750. The molecule has 33 heavy (non-hydrogen) atoms. The van der Waals surface area contributed by atoms with E-state index >= 15 is 0 Å². The Balaban J connectivity index is 1.60. The molecule has 0 amide bonds. The maximum absolute atomic E-state index is 6.91. The van der Waals surface area contributed by atoms with Gasteiger partial charge >= 0.3 is 0 Å². The predicted molar refractivity (Wildman–Crippen MR) is 143 cm³/mol. The van der Waals surface area contributed by atoms with Gasteiger partial charge in [-0.05, 0) is 61.3 Å². The Morgan fingerprint density at radius 2 is 1.21 bits per heavy atom. The van der Waals surface area contributed by atoms with Crippen LogP contribution in [-0.4, -0.2) is 31.1 Å². The van der Waals surface area contributed by atoms with E-state index in [0.717, 1.165) is 59.2 Å². The van der Waals surface area contributed by atoms with Crippen LogP contribution in [0.15, 0.2) is 84.9 Å². The average molecular weight is 462 g/mol. The zero-order valence-corrected chi connectivity index (χ0v) is 20.7. The van der Waals surface area contributed by atoms with Crippen LogP contribution >= 0.6 is 11.6 Å². The van der Waals surface area contributed by atoms with Crippen molar-refractivity contribution in [3.05, 3.63) is 102 Å². The monoisotopic (exact) mass is 461 g/mol. The molecule has 0 saturated carbocycles. The molecule has 2 nitrogen and oxygen atoms in total. The summed E-state index contributed by atoms with van der Waals surface area (Å²) in [6.07, 6.45) is 4.84. The van der Waals surface area contributed by atoms with Crippen molar-refractivity contribution in [3.63, 3.8) is 0 Å². The molecule has 174 valence electrons. The summed E-state index contributed by atoms with van der Waals surface area (Å²) < 4.78 is 6.00. The third-order valence-electron chi connectivity index (χ3n) is 5.98. The van der Waals surface area contributed by atoms with Crippen molar-refractivity contribution in [3.8, 4) is 5.75 Å². The quantitative estimate of drug-likeness (QED) is 0.188. The summed E-state index contributed by atoms with van der Waals surface area (Å²) in [5.74, 6) is 0.908. The molecule has 3 rings (SSSR count). The van der Waals surface area contributed by atoms with E-state index in [9.17, 15) is 0 Å². The van der Waals surface area contributed by atoms with Crippen molar-refractivity contribution >= 4 is 22.2 Å². The summed E-state index contributed by atoms with van der Waals surface area (Å²) >= 11 is 6.91. The minimum Gasteiger partial charge on any atom is -0.494 e. The molecule has 0 radical (unpaired) electrons. The van der Waals surface area contributed by atoms with Crippen LogP contribution in [0.5, 0.6) is 5.75 Å². The van der Waals surface area contributed by atoms with E-state index in [1.165, 1.54) is 25.8 Å². The molecule has 0 aliphatic heterocycles. The molecule has 0 saturated heterocycles. The average Bonchev–Trinajstić information content (AvgIpc) is 2.88. The number of ether oxygens (including phenoxy) is 1. The molecule has 0 spiro atoms. The molecule has 0 heterocycles. The fraction of sp³-hybridized carbons (Fsp3) is 0.333. The second kappa shape index (κ2) is 13.9. The molecule has 0 N–H and O–H groups in total. The molecular formula is C30H36ClNO. The Morgan fingerprint density at radius 3 is 1.82 bits per heavy atom. The van der Waals surface area contributed by atoms with Gasteiger partial charge < -0.3 is 9.64 Å². The number of unbranched alkanes of at least 4 members (excludes halogenated alkanes) is 3. The van der Waals surface area contributed by atoms with Crippen molar-refractivity contribution in [1.29, 1.82) is 0 Å². The van der Waals surface area contributed by atoms with Crippen molar-refractivity contribution in [1.82, 2.24) is 4.90 Å². The molecule has 0 atom stereocenters. The predicted octanol–water partition coefficient (Wildman–Crippen LogP) is 8.12. The fourth-order valence-corrected chi connectivity index (χ4v) is 4.34. The Morgan fingerprint density at radius 1 is 0.667 bits per heavy atom. The Kier molecular flexibility index (Phi) is 10.5. The lowest BCUT2D eigenvalue weighted by atomic mass is 9.95. The zero-order valence-electron chi connectivity index (χ0n) is 20.0. The largest absolute Gasteiger partial charge is 0.494 e. The van der Waals surface area contributed by atoms with E-state index in [4.69, 9.17) is 16.3 Å². The molecule has 3 aromatic carbocycles. The Bertz CT molecular complexity index is 963. The number of halogens is 1. The summed E-state index contributed by atoms with van der Waals surface area (Å²) in [7, 11) is 0. The van der Waals surface area contributed by atoms with E-state index in [1.807, 2.05) is 60.7 Å². The first-order chi connectivity index (χ1) is 16.2. The van der Waals surface area contributed by atoms with Crippen molar-refractivity contribution < 1.29 is 4.74 Å². The van der Waals surface area contributed by atoms with Gasteiger partial charge in [0.2, 0.25) is 0 Å². The van der Waals surface area contributed by atoms with Crippen LogP contribution in [0.2, 0.25) is 0 Å². The van der Waals surface area contributed by atoms with Gasteiger partial charge in [0.1, 0.15) is 5.75 Å². The highest BCUT2D eigenvalue weighted by molar-refractivity contribution is 6.53. The maximum atomic E-state index is 6.91. The van der Waals surface area contributed by atoms with E-state index in [-0.39, 0.29) is 0 Å². The molecule has 0 fully saturated rings. The van der Waals surface area contributed by atoms with Gasteiger partial charge in [-0.1, -0.05) is 111 Å². The Hall–Kier alpha value is -2.55. The van der Waals surface area contributed by atoms with Gasteiger partial charge in [0.15, 0.2) is 0 Å². The van der Waals surface area contributed by atoms with Crippen LogP contribution in [-0.2, 0) is 0 Å². The van der Waals surface area contributed by atoms with Crippen LogP contribution < -0.4 is 4.74 Å². The highest BCUT2D eigenvalue weighted by Crippen LogP contribution is 2.35. The van der Waals surface area contributed by atoms with E-state index in [1.54, 1.807) is 0 Å². The standard InChI is InChI=1S/C30H36ClNO/c1-3-32(4-2)23-13-5-6-14-24-33-28-21-19-26(20-22-28)29(25-15-9-7-10-16-25)30(31)27-17-11-8-12-18-27/h7-12,15-22H,3-6,13-14,23-24H2,1-2H3/b30-29-. The topological polar surface area (TPSA) is 12.5 Å². The van der Waals surface area contributed by atoms with Gasteiger partial charge in [-0.15, -0.1) is 0 Å². The number of nitrogens with zero attached hydrogens (tertiary/aromatic N) is 1. The van der Waals surface area contributed by atoms with Gasteiger partial charge in [0.25, 0.3) is 0 Å². The SMILES string of the molecule is CCN(CC)CCCCCCOc1ccc(/C(=C(\Cl)c2ccccc2)c2ccccc2)cc1.